The standard InChI is InChI=1S/C33H24N2S/c1-4-10-25(11-5-1)16-17-26-18-23-32-31(24-26)34-33(36-32)27-19-21-30(22-20-27)35(28-12-6-2-7-13-28)29-14-8-3-9-15-29/h1-24H/b17-16+. The number of anilines is 3. The van der Waals surface area contributed by atoms with Gasteiger partial charge in [-0.15, -0.1) is 11.3 Å². The molecule has 0 aliphatic carbocycles. The summed E-state index contributed by atoms with van der Waals surface area (Å²) < 4.78 is 1.20. The van der Waals surface area contributed by atoms with Crippen molar-refractivity contribution in [3.8, 4) is 10.6 Å². The Kier molecular flexibility index (Phi) is 6.13. The Hall–Kier alpha value is -4.47. The summed E-state index contributed by atoms with van der Waals surface area (Å²) in [5.74, 6) is 0. The van der Waals surface area contributed by atoms with Gasteiger partial charge in [-0.25, -0.2) is 4.98 Å². The molecule has 6 rings (SSSR count). The molecule has 0 saturated carbocycles. The topological polar surface area (TPSA) is 16.1 Å². The molecule has 0 aliphatic rings. The first-order valence-corrected chi connectivity index (χ1v) is 12.8. The maximum absolute atomic E-state index is 4.96. The average Bonchev–Trinajstić information content (AvgIpc) is 3.38. The second-order valence-corrected chi connectivity index (χ2v) is 9.57. The molecular formula is C33H24N2S. The van der Waals surface area contributed by atoms with Gasteiger partial charge in [-0.1, -0.05) is 84.9 Å². The maximum Gasteiger partial charge on any atom is 0.124 e. The molecule has 36 heavy (non-hydrogen) atoms. The Morgan fingerprint density at radius 1 is 0.528 bits per heavy atom. The van der Waals surface area contributed by atoms with Crippen molar-refractivity contribution in [3.63, 3.8) is 0 Å². The number of hydrogen-bond donors (Lipinski definition) is 0. The molecule has 6 aromatic rings. The highest BCUT2D eigenvalue weighted by Crippen LogP contribution is 2.36. The van der Waals surface area contributed by atoms with Crippen LogP contribution in [-0.4, -0.2) is 4.98 Å². The monoisotopic (exact) mass is 480 g/mol. The Labute approximate surface area is 215 Å². The lowest BCUT2D eigenvalue weighted by atomic mass is 10.1. The third-order valence-corrected chi connectivity index (χ3v) is 7.17. The Bertz CT molecular complexity index is 1560. The van der Waals surface area contributed by atoms with Crippen molar-refractivity contribution in [2.24, 2.45) is 0 Å². The minimum absolute atomic E-state index is 1.03. The van der Waals surface area contributed by atoms with Gasteiger partial charge < -0.3 is 4.90 Å². The fourth-order valence-corrected chi connectivity index (χ4v) is 5.23. The van der Waals surface area contributed by atoms with Crippen LogP contribution < -0.4 is 4.90 Å². The predicted octanol–water partition coefficient (Wildman–Crippen LogP) is 9.60. The van der Waals surface area contributed by atoms with E-state index in [4.69, 9.17) is 4.98 Å². The summed E-state index contributed by atoms with van der Waals surface area (Å²) in [4.78, 5) is 7.23. The molecular weight excluding hydrogens is 456 g/mol. The third kappa shape index (κ3) is 4.70. The number of aromatic nitrogens is 1. The molecule has 0 aliphatic heterocycles. The number of thiazole rings is 1. The fraction of sp³-hybridized carbons (Fsp3) is 0. The molecule has 0 radical (unpaired) electrons. The van der Waals surface area contributed by atoms with Gasteiger partial charge in [0.15, 0.2) is 0 Å². The van der Waals surface area contributed by atoms with Crippen LogP contribution >= 0.6 is 11.3 Å². The lowest BCUT2D eigenvalue weighted by Gasteiger charge is -2.25. The molecule has 0 amide bonds. The minimum Gasteiger partial charge on any atom is -0.311 e. The van der Waals surface area contributed by atoms with Crippen molar-refractivity contribution < 1.29 is 0 Å². The first-order chi connectivity index (χ1) is 17.8. The molecule has 1 aromatic heterocycles. The number of fused-ring (bicyclic) bond motifs is 1. The van der Waals surface area contributed by atoms with Crippen LogP contribution in [0.15, 0.2) is 133 Å². The third-order valence-electron chi connectivity index (χ3n) is 6.08. The summed E-state index contributed by atoms with van der Waals surface area (Å²) in [6.07, 6.45) is 4.28. The molecule has 1 heterocycles. The molecule has 0 atom stereocenters. The molecule has 0 unspecified atom stereocenters. The van der Waals surface area contributed by atoms with E-state index >= 15 is 0 Å². The summed E-state index contributed by atoms with van der Waals surface area (Å²) in [5, 5.41) is 1.03. The molecule has 172 valence electrons. The van der Waals surface area contributed by atoms with Crippen LogP contribution in [0.2, 0.25) is 0 Å². The van der Waals surface area contributed by atoms with E-state index in [0.29, 0.717) is 0 Å². The van der Waals surface area contributed by atoms with Crippen LogP contribution in [0, 0.1) is 0 Å². The zero-order chi connectivity index (χ0) is 24.2. The molecule has 0 saturated heterocycles. The maximum atomic E-state index is 4.96. The van der Waals surface area contributed by atoms with Crippen molar-refractivity contribution >= 4 is 50.8 Å². The van der Waals surface area contributed by atoms with Crippen LogP contribution in [0.1, 0.15) is 11.1 Å². The van der Waals surface area contributed by atoms with Gasteiger partial charge in [0, 0.05) is 22.6 Å². The Morgan fingerprint density at radius 2 is 1.08 bits per heavy atom. The van der Waals surface area contributed by atoms with E-state index in [1.807, 2.05) is 18.2 Å². The zero-order valence-electron chi connectivity index (χ0n) is 19.7. The average molecular weight is 481 g/mol. The van der Waals surface area contributed by atoms with E-state index in [9.17, 15) is 0 Å². The smallest absolute Gasteiger partial charge is 0.124 e. The van der Waals surface area contributed by atoms with Crippen LogP contribution in [0.25, 0.3) is 32.9 Å². The molecule has 5 aromatic carbocycles. The van der Waals surface area contributed by atoms with Crippen LogP contribution in [0.5, 0.6) is 0 Å². The molecule has 0 bridgehead atoms. The Balaban J connectivity index is 1.29. The van der Waals surface area contributed by atoms with Gasteiger partial charge in [-0.05, 0) is 71.8 Å². The van der Waals surface area contributed by atoms with Gasteiger partial charge in [-0.3, -0.25) is 0 Å². The quantitative estimate of drug-likeness (QED) is 0.221. The van der Waals surface area contributed by atoms with E-state index in [0.717, 1.165) is 38.7 Å². The van der Waals surface area contributed by atoms with Crippen molar-refractivity contribution in [1.29, 1.82) is 0 Å². The predicted molar refractivity (Wildman–Crippen MR) is 155 cm³/mol. The first-order valence-electron chi connectivity index (χ1n) is 12.0. The van der Waals surface area contributed by atoms with Gasteiger partial charge in [-0.2, -0.15) is 0 Å². The normalized spacial score (nSPS) is 11.2. The minimum atomic E-state index is 1.03. The lowest BCUT2D eigenvalue weighted by molar-refractivity contribution is 1.28. The molecule has 0 fully saturated rings. The van der Waals surface area contributed by atoms with Gasteiger partial charge >= 0.3 is 0 Å². The number of para-hydroxylation sites is 2. The molecule has 0 spiro atoms. The van der Waals surface area contributed by atoms with Gasteiger partial charge in [0.2, 0.25) is 0 Å². The molecule has 3 heteroatoms. The fourth-order valence-electron chi connectivity index (χ4n) is 4.28. The number of rotatable bonds is 6. The summed E-state index contributed by atoms with van der Waals surface area (Å²) in [5.41, 5.74) is 7.88. The number of nitrogens with zero attached hydrogens (tertiary/aromatic N) is 2. The zero-order valence-corrected chi connectivity index (χ0v) is 20.5. The van der Waals surface area contributed by atoms with E-state index in [1.165, 1.54) is 10.3 Å². The molecule has 2 nitrogen and oxygen atoms in total. The lowest BCUT2D eigenvalue weighted by Crippen LogP contribution is -2.09. The van der Waals surface area contributed by atoms with Gasteiger partial charge in [0.1, 0.15) is 5.01 Å². The highest BCUT2D eigenvalue weighted by Gasteiger charge is 2.13. The SMILES string of the molecule is C(=C\c1ccc2sc(-c3ccc(N(c4ccccc4)c4ccccc4)cc3)nc2c1)/c1ccccc1. The van der Waals surface area contributed by atoms with Gasteiger partial charge in [0.05, 0.1) is 10.2 Å². The van der Waals surface area contributed by atoms with Crippen LogP contribution in [0.3, 0.4) is 0 Å². The first kappa shape index (κ1) is 22.0. The van der Waals surface area contributed by atoms with Crippen molar-refractivity contribution in [2.45, 2.75) is 0 Å². The second-order valence-electron chi connectivity index (χ2n) is 8.54. The van der Waals surface area contributed by atoms with Crippen molar-refractivity contribution in [1.82, 2.24) is 4.98 Å². The van der Waals surface area contributed by atoms with E-state index in [-0.39, 0.29) is 0 Å². The van der Waals surface area contributed by atoms with E-state index in [2.05, 4.69) is 132 Å². The number of benzene rings is 5. The summed E-state index contributed by atoms with van der Waals surface area (Å²) in [7, 11) is 0. The van der Waals surface area contributed by atoms with E-state index < -0.39 is 0 Å². The second kappa shape index (κ2) is 10.0. The summed E-state index contributed by atoms with van der Waals surface area (Å²) in [6, 6.07) is 46.5. The van der Waals surface area contributed by atoms with Crippen molar-refractivity contribution in [3.05, 3.63) is 145 Å². The number of hydrogen-bond acceptors (Lipinski definition) is 3. The largest absolute Gasteiger partial charge is 0.311 e. The summed E-state index contributed by atoms with van der Waals surface area (Å²) >= 11 is 1.73. The van der Waals surface area contributed by atoms with E-state index in [1.54, 1.807) is 11.3 Å². The highest BCUT2D eigenvalue weighted by atomic mass is 32.1. The summed E-state index contributed by atoms with van der Waals surface area (Å²) in [6.45, 7) is 0. The van der Waals surface area contributed by atoms with Crippen LogP contribution in [-0.2, 0) is 0 Å². The van der Waals surface area contributed by atoms with Crippen molar-refractivity contribution in [2.75, 3.05) is 4.90 Å². The Morgan fingerprint density at radius 3 is 1.72 bits per heavy atom. The van der Waals surface area contributed by atoms with Gasteiger partial charge in [0.25, 0.3) is 0 Å². The van der Waals surface area contributed by atoms with Crippen LogP contribution in [0.4, 0.5) is 17.1 Å². The molecule has 0 N–H and O–H groups in total. The highest BCUT2D eigenvalue weighted by molar-refractivity contribution is 7.21.